The molecule has 3 nitrogen and oxygen atoms in total. The molecule has 3 heteroatoms. The number of esters is 1. The van der Waals surface area contributed by atoms with Crippen LogP contribution >= 0.6 is 0 Å². The molecule has 0 spiro atoms. The normalized spacial score (nSPS) is 26.9. The lowest BCUT2D eigenvalue weighted by Crippen LogP contribution is -2.40. The van der Waals surface area contributed by atoms with Crippen LogP contribution in [0, 0.1) is 22.7 Å². The Morgan fingerprint density at radius 3 is 2.26 bits per heavy atom. The van der Waals surface area contributed by atoms with Crippen LogP contribution in [0.2, 0.25) is 0 Å². The predicted octanol–water partition coefficient (Wildman–Crippen LogP) is 3.38. The lowest BCUT2D eigenvalue weighted by atomic mass is 9.63. The molecule has 19 heavy (non-hydrogen) atoms. The average Bonchev–Trinajstić information content (AvgIpc) is 2.28. The van der Waals surface area contributed by atoms with Gasteiger partial charge in [-0.15, -0.1) is 0 Å². The van der Waals surface area contributed by atoms with Gasteiger partial charge in [0.2, 0.25) is 0 Å². The predicted molar refractivity (Wildman–Crippen MR) is 75.6 cm³/mol. The third kappa shape index (κ3) is 3.26. The highest BCUT2D eigenvalue weighted by atomic mass is 16.5. The topological polar surface area (TPSA) is 43.4 Å². The van der Waals surface area contributed by atoms with Crippen molar-refractivity contribution >= 4 is 11.8 Å². The molecule has 0 saturated carbocycles. The SMILES string of the molecule is C[C@@H]1C(COC(=O)C(C)(C)C)=CC(=O)[C@H](C)C1(C)C. The van der Waals surface area contributed by atoms with Crippen LogP contribution in [0.5, 0.6) is 0 Å². The fraction of sp³-hybridized carbons (Fsp3) is 0.750. The molecule has 2 atom stereocenters. The molecule has 0 heterocycles. The van der Waals surface area contributed by atoms with Gasteiger partial charge in [0.25, 0.3) is 0 Å². The van der Waals surface area contributed by atoms with Gasteiger partial charge in [0.15, 0.2) is 5.78 Å². The minimum Gasteiger partial charge on any atom is -0.461 e. The van der Waals surface area contributed by atoms with E-state index in [1.54, 1.807) is 6.08 Å². The van der Waals surface area contributed by atoms with Crippen molar-refractivity contribution < 1.29 is 14.3 Å². The Morgan fingerprint density at radius 2 is 1.79 bits per heavy atom. The lowest BCUT2D eigenvalue weighted by Gasteiger charge is -2.41. The van der Waals surface area contributed by atoms with Gasteiger partial charge in [-0.1, -0.05) is 27.7 Å². The molecular formula is C16H26O3. The van der Waals surface area contributed by atoms with Crippen molar-refractivity contribution in [2.24, 2.45) is 22.7 Å². The maximum absolute atomic E-state index is 12.0. The van der Waals surface area contributed by atoms with Crippen molar-refractivity contribution in [3.8, 4) is 0 Å². The van der Waals surface area contributed by atoms with E-state index in [9.17, 15) is 9.59 Å². The molecule has 0 aromatic rings. The van der Waals surface area contributed by atoms with Gasteiger partial charge in [-0.3, -0.25) is 9.59 Å². The average molecular weight is 266 g/mol. The van der Waals surface area contributed by atoms with Crippen molar-refractivity contribution in [1.82, 2.24) is 0 Å². The molecule has 0 bridgehead atoms. The highest BCUT2D eigenvalue weighted by Gasteiger charge is 2.41. The number of rotatable bonds is 2. The van der Waals surface area contributed by atoms with Crippen LogP contribution < -0.4 is 0 Å². The van der Waals surface area contributed by atoms with Gasteiger partial charge < -0.3 is 4.74 Å². The Bertz CT molecular complexity index is 410. The molecule has 0 unspecified atom stereocenters. The second kappa shape index (κ2) is 5.10. The summed E-state index contributed by atoms with van der Waals surface area (Å²) >= 11 is 0. The minimum absolute atomic E-state index is 0.00423. The van der Waals surface area contributed by atoms with E-state index < -0.39 is 5.41 Å². The first-order valence-corrected chi connectivity index (χ1v) is 6.89. The number of hydrogen-bond acceptors (Lipinski definition) is 3. The van der Waals surface area contributed by atoms with Crippen molar-refractivity contribution in [1.29, 1.82) is 0 Å². The Morgan fingerprint density at radius 1 is 1.26 bits per heavy atom. The van der Waals surface area contributed by atoms with Crippen LogP contribution in [0.3, 0.4) is 0 Å². The van der Waals surface area contributed by atoms with Gasteiger partial charge in [-0.05, 0) is 43.8 Å². The maximum Gasteiger partial charge on any atom is 0.311 e. The zero-order valence-electron chi connectivity index (χ0n) is 13.2. The summed E-state index contributed by atoms with van der Waals surface area (Å²) in [6.45, 7) is 13.9. The van der Waals surface area contributed by atoms with E-state index in [0.29, 0.717) is 0 Å². The van der Waals surface area contributed by atoms with Gasteiger partial charge in [0.05, 0.1) is 5.41 Å². The third-order valence-electron chi connectivity index (χ3n) is 4.52. The molecule has 108 valence electrons. The van der Waals surface area contributed by atoms with Crippen molar-refractivity contribution in [3.05, 3.63) is 11.6 Å². The van der Waals surface area contributed by atoms with Crippen LogP contribution in [-0.4, -0.2) is 18.4 Å². The van der Waals surface area contributed by atoms with Crippen LogP contribution in [0.25, 0.3) is 0 Å². The van der Waals surface area contributed by atoms with Crippen molar-refractivity contribution in [3.63, 3.8) is 0 Å². The Hall–Kier alpha value is -1.12. The molecule has 0 aromatic carbocycles. The van der Waals surface area contributed by atoms with Gasteiger partial charge in [-0.2, -0.15) is 0 Å². The number of ketones is 1. The Kier molecular flexibility index (Phi) is 4.28. The fourth-order valence-corrected chi connectivity index (χ4v) is 2.18. The fourth-order valence-electron chi connectivity index (χ4n) is 2.18. The number of ether oxygens (including phenoxy) is 1. The smallest absolute Gasteiger partial charge is 0.311 e. The van der Waals surface area contributed by atoms with E-state index in [2.05, 4.69) is 20.8 Å². The summed E-state index contributed by atoms with van der Waals surface area (Å²) in [4.78, 5) is 23.8. The summed E-state index contributed by atoms with van der Waals surface area (Å²) in [5, 5.41) is 0. The molecule has 1 aliphatic rings. The summed E-state index contributed by atoms with van der Waals surface area (Å²) in [6.07, 6.45) is 1.66. The highest BCUT2D eigenvalue weighted by molar-refractivity contribution is 5.94. The summed E-state index contributed by atoms with van der Waals surface area (Å²) in [5.74, 6) is 0.131. The molecular weight excluding hydrogens is 240 g/mol. The van der Waals surface area contributed by atoms with Crippen molar-refractivity contribution in [2.75, 3.05) is 6.61 Å². The second-order valence-corrected chi connectivity index (χ2v) is 7.21. The number of carbonyl (C=O) groups is 2. The van der Waals surface area contributed by atoms with Crippen LogP contribution in [-0.2, 0) is 14.3 Å². The molecule has 0 N–H and O–H groups in total. The van der Waals surface area contributed by atoms with Gasteiger partial charge in [-0.25, -0.2) is 0 Å². The summed E-state index contributed by atoms with van der Waals surface area (Å²) < 4.78 is 5.33. The van der Waals surface area contributed by atoms with E-state index in [1.807, 2.05) is 27.7 Å². The Balaban J connectivity index is 2.82. The molecule has 0 amide bonds. The largest absolute Gasteiger partial charge is 0.461 e. The van der Waals surface area contributed by atoms with E-state index in [1.165, 1.54) is 0 Å². The molecule has 1 aliphatic carbocycles. The van der Waals surface area contributed by atoms with Crippen LogP contribution in [0.4, 0.5) is 0 Å². The maximum atomic E-state index is 12.0. The molecule has 0 aromatic heterocycles. The van der Waals surface area contributed by atoms with Gasteiger partial charge in [0.1, 0.15) is 6.61 Å². The second-order valence-electron chi connectivity index (χ2n) is 7.21. The summed E-state index contributed by atoms with van der Waals surface area (Å²) in [7, 11) is 0. The first kappa shape index (κ1) is 15.9. The van der Waals surface area contributed by atoms with E-state index in [0.717, 1.165) is 5.57 Å². The quantitative estimate of drug-likeness (QED) is 0.720. The van der Waals surface area contributed by atoms with E-state index in [-0.39, 0.29) is 35.6 Å². The third-order valence-corrected chi connectivity index (χ3v) is 4.52. The molecule has 0 saturated heterocycles. The van der Waals surface area contributed by atoms with Crippen molar-refractivity contribution in [2.45, 2.75) is 48.5 Å². The number of allylic oxidation sites excluding steroid dienone is 1. The zero-order chi connectivity index (χ0) is 15.0. The molecule has 1 rings (SSSR count). The van der Waals surface area contributed by atoms with E-state index in [4.69, 9.17) is 4.74 Å². The Labute approximate surface area is 116 Å². The monoisotopic (exact) mass is 266 g/mol. The summed E-state index contributed by atoms with van der Waals surface area (Å²) in [5.41, 5.74) is 0.311. The van der Waals surface area contributed by atoms with Gasteiger partial charge >= 0.3 is 5.97 Å². The zero-order valence-corrected chi connectivity index (χ0v) is 13.2. The summed E-state index contributed by atoms with van der Waals surface area (Å²) in [6, 6.07) is 0. The van der Waals surface area contributed by atoms with Crippen LogP contribution in [0.15, 0.2) is 11.6 Å². The standard InChI is InChI=1S/C16H26O3/c1-10-12(9-19-14(18)15(3,4)5)8-13(17)11(2)16(10,6)7/h8,10-11H,9H2,1-7H3/t10-,11+/m1/s1. The first-order chi connectivity index (χ1) is 8.48. The lowest BCUT2D eigenvalue weighted by molar-refractivity contribution is -0.152. The molecule has 0 fully saturated rings. The molecule has 0 aliphatic heterocycles. The minimum atomic E-state index is -0.509. The number of carbonyl (C=O) groups excluding carboxylic acids is 2. The van der Waals surface area contributed by atoms with E-state index >= 15 is 0 Å². The number of hydrogen-bond donors (Lipinski definition) is 0. The van der Waals surface area contributed by atoms with Crippen LogP contribution in [0.1, 0.15) is 48.5 Å². The highest BCUT2D eigenvalue weighted by Crippen LogP contribution is 2.43. The molecule has 0 radical (unpaired) electrons. The van der Waals surface area contributed by atoms with Gasteiger partial charge in [0, 0.05) is 5.92 Å². The first-order valence-electron chi connectivity index (χ1n) is 6.89.